The van der Waals surface area contributed by atoms with Crippen molar-refractivity contribution in [3.8, 4) is 5.75 Å². The summed E-state index contributed by atoms with van der Waals surface area (Å²) in [6, 6.07) is 15.1. The van der Waals surface area contributed by atoms with E-state index < -0.39 is 0 Å². The molecule has 0 aliphatic carbocycles. The summed E-state index contributed by atoms with van der Waals surface area (Å²) < 4.78 is 18.4. The molecule has 1 atom stereocenters. The number of ether oxygens (including phenoxy) is 1. The summed E-state index contributed by atoms with van der Waals surface area (Å²) in [6.07, 6.45) is 3.79. The number of hydrogen-bond donors (Lipinski definition) is 2. The normalized spacial score (nSPS) is 15.8. The van der Waals surface area contributed by atoms with E-state index in [-0.39, 0.29) is 35.8 Å². The van der Waals surface area contributed by atoms with Gasteiger partial charge >= 0.3 is 0 Å². The molecule has 0 saturated carbocycles. The van der Waals surface area contributed by atoms with Crippen molar-refractivity contribution < 1.29 is 9.13 Å². The van der Waals surface area contributed by atoms with Crippen LogP contribution in [0.4, 0.5) is 4.39 Å². The van der Waals surface area contributed by atoms with E-state index in [9.17, 15) is 4.39 Å². The first-order chi connectivity index (χ1) is 14.2. The Balaban J connectivity index is 0.00000320. The number of benzene rings is 2. The van der Waals surface area contributed by atoms with Crippen LogP contribution in [-0.2, 0) is 6.54 Å². The Morgan fingerprint density at radius 1 is 1.03 bits per heavy atom. The van der Waals surface area contributed by atoms with E-state index in [1.54, 1.807) is 26.3 Å². The van der Waals surface area contributed by atoms with E-state index in [0.29, 0.717) is 6.54 Å². The largest absolute Gasteiger partial charge is 0.497 e. The molecule has 2 aromatic rings. The van der Waals surface area contributed by atoms with Crippen molar-refractivity contribution >= 4 is 29.9 Å². The van der Waals surface area contributed by atoms with Crippen LogP contribution >= 0.6 is 24.0 Å². The van der Waals surface area contributed by atoms with Crippen molar-refractivity contribution in [3.05, 3.63) is 65.5 Å². The lowest BCUT2D eigenvalue weighted by atomic mass is 10.0. The maximum Gasteiger partial charge on any atom is 0.191 e. The van der Waals surface area contributed by atoms with Crippen molar-refractivity contribution in [2.75, 3.05) is 33.8 Å². The zero-order valence-corrected chi connectivity index (χ0v) is 20.1. The number of halogens is 2. The van der Waals surface area contributed by atoms with E-state index in [0.717, 1.165) is 36.9 Å². The second kappa shape index (κ2) is 12.7. The Labute approximate surface area is 196 Å². The highest BCUT2D eigenvalue weighted by Crippen LogP contribution is 2.25. The van der Waals surface area contributed by atoms with Gasteiger partial charge in [-0.25, -0.2) is 4.39 Å². The van der Waals surface area contributed by atoms with Crippen molar-refractivity contribution in [1.82, 2.24) is 15.5 Å². The molecule has 3 rings (SSSR count). The Morgan fingerprint density at radius 3 is 2.30 bits per heavy atom. The fourth-order valence-corrected chi connectivity index (χ4v) is 3.72. The summed E-state index contributed by atoms with van der Waals surface area (Å²) in [6.45, 7) is 3.58. The van der Waals surface area contributed by atoms with Gasteiger partial charge in [0, 0.05) is 20.1 Å². The van der Waals surface area contributed by atoms with E-state index >= 15 is 0 Å². The monoisotopic (exact) mass is 526 g/mol. The molecular formula is C23H32FIN4O. The smallest absolute Gasteiger partial charge is 0.191 e. The minimum atomic E-state index is -0.222. The number of methoxy groups -OCH3 is 1. The quantitative estimate of drug-likeness (QED) is 0.320. The van der Waals surface area contributed by atoms with Crippen LogP contribution in [0.5, 0.6) is 5.75 Å². The predicted octanol–water partition coefficient (Wildman–Crippen LogP) is 4.34. The van der Waals surface area contributed by atoms with E-state index in [2.05, 4.69) is 32.7 Å². The molecule has 0 bridgehead atoms. The molecule has 1 fully saturated rings. The molecule has 1 heterocycles. The molecule has 1 aliphatic heterocycles. The van der Waals surface area contributed by atoms with Gasteiger partial charge in [-0.2, -0.15) is 0 Å². The summed E-state index contributed by atoms with van der Waals surface area (Å²) >= 11 is 0. The summed E-state index contributed by atoms with van der Waals surface area (Å²) in [5.74, 6) is 1.39. The highest BCUT2D eigenvalue weighted by Gasteiger charge is 2.22. The second-order valence-electron chi connectivity index (χ2n) is 7.32. The third-order valence-electron chi connectivity index (χ3n) is 5.39. The minimum Gasteiger partial charge on any atom is -0.497 e. The van der Waals surface area contributed by atoms with Gasteiger partial charge < -0.3 is 15.4 Å². The molecule has 0 amide bonds. The zero-order chi connectivity index (χ0) is 20.5. The topological polar surface area (TPSA) is 48.9 Å². The van der Waals surface area contributed by atoms with Crippen LogP contribution in [0.1, 0.15) is 36.4 Å². The van der Waals surface area contributed by atoms with Crippen molar-refractivity contribution in [2.45, 2.75) is 31.8 Å². The van der Waals surface area contributed by atoms with Crippen LogP contribution in [0.3, 0.4) is 0 Å². The van der Waals surface area contributed by atoms with Crippen LogP contribution in [-0.4, -0.2) is 44.7 Å². The van der Waals surface area contributed by atoms with Gasteiger partial charge in [0.05, 0.1) is 13.2 Å². The second-order valence-corrected chi connectivity index (χ2v) is 7.32. The fraction of sp³-hybridized carbons (Fsp3) is 0.435. The fourth-order valence-electron chi connectivity index (χ4n) is 3.72. The summed E-state index contributed by atoms with van der Waals surface area (Å²) in [5.41, 5.74) is 2.28. The van der Waals surface area contributed by atoms with Gasteiger partial charge in [-0.3, -0.25) is 9.89 Å². The number of piperidine rings is 1. The standard InChI is InChI=1S/C23H31FN4O.HI/c1-25-23(26-16-18-6-10-20(24)11-7-18)27-17-22(28-14-4-3-5-15-28)19-8-12-21(29-2)13-9-19;/h6-13,22H,3-5,14-17H2,1-2H3,(H2,25,26,27);1H. The summed E-state index contributed by atoms with van der Waals surface area (Å²) in [5, 5.41) is 6.78. The third-order valence-corrected chi connectivity index (χ3v) is 5.39. The number of nitrogens with one attached hydrogen (secondary N) is 2. The van der Waals surface area contributed by atoms with Crippen molar-refractivity contribution in [2.24, 2.45) is 4.99 Å². The molecule has 30 heavy (non-hydrogen) atoms. The molecule has 1 aliphatic rings. The van der Waals surface area contributed by atoms with Crippen molar-refractivity contribution in [1.29, 1.82) is 0 Å². The summed E-state index contributed by atoms with van der Waals surface area (Å²) in [7, 11) is 3.46. The van der Waals surface area contributed by atoms with Gasteiger partial charge in [-0.15, -0.1) is 24.0 Å². The van der Waals surface area contributed by atoms with Gasteiger partial charge in [0.2, 0.25) is 0 Å². The maximum absolute atomic E-state index is 13.1. The van der Waals surface area contributed by atoms with Gasteiger partial charge in [-0.1, -0.05) is 30.7 Å². The Hall–Kier alpha value is -1.87. The zero-order valence-electron chi connectivity index (χ0n) is 17.7. The van der Waals surface area contributed by atoms with E-state index in [1.807, 2.05) is 12.1 Å². The molecule has 1 unspecified atom stereocenters. The first kappa shape index (κ1) is 24.4. The molecule has 0 spiro atoms. The van der Waals surface area contributed by atoms with Gasteiger partial charge in [0.25, 0.3) is 0 Å². The van der Waals surface area contributed by atoms with Gasteiger partial charge in [-0.05, 0) is 61.3 Å². The SMILES string of the molecule is CN=C(NCc1ccc(F)cc1)NCC(c1ccc(OC)cc1)N1CCCCC1.I. The first-order valence-electron chi connectivity index (χ1n) is 10.3. The van der Waals surface area contributed by atoms with Gasteiger partial charge in [0.15, 0.2) is 5.96 Å². The van der Waals surface area contributed by atoms with Gasteiger partial charge in [0.1, 0.15) is 11.6 Å². The van der Waals surface area contributed by atoms with Crippen LogP contribution in [0.25, 0.3) is 0 Å². The Kier molecular flexibility index (Phi) is 10.4. The molecule has 0 aromatic heterocycles. The molecular weight excluding hydrogens is 494 g/mol. The third kappa shape index (κ3) is 7.12. The minimum absolute atomic E-state index is 0. The number of nitrogens with zero attached hydrogens (tertiary/aromatic N) is 2. The number of hydrogen-bond acceptors (Lipinski definition) is 3. The predicted molar refractivity (Wildman–Crippen MR) is 131 cm³/mol. The van der Waals surface area contributed by atoms with Crippen LogP contribution < -0.4 is 15.4 Å². The van der Waals surface area contributed by atoms with E-state index in [1.165, 1.54) is 37.0 Å². The average Bonchev–Trinajstić information content (AvgIpc) is 2.78. The first-order valence-corrected chi connectivity index (χ1v) is 10.3. The molecule has 2 N–H and O–H groups in total. The number of rotatable bonds is 7. The molecule has 0 radical (unpaired) electrons. The molecule has 2 aromatic carbocycles. The number of aliphatic imine (C=N–C) groups is 1. The van der Waals surface area contributed by atoms with Crippen LogP contribution in [0.15, 0.2) is 53.5 Å². The highest BCUT2D eigenvalue weighted by molar-refractivity contribution is 14.0. The maximum atomic E-state index is 13.1. The van der Waals surface area contributed by atoms with E-state index in [4.69, 9.17) is 4.74 Å². The highest BCUT2D eigenvalue weighted by atomic mass is 127. The molecule has 5 nitrogen and oxygen atoms in total. The lowest BCUT2D eigenvalue weighted by Crippen LogP contribution is -2.44. The van der Waals surface area contributed by atoms with Crippen LogP contribution in [0.2, 0.25) is 0 Å². The van der Waals surface area contributed by atoms with Crippen LogP contribution in [0, 0.1) is 5.82 Å². The molecule has 1 saturated heterocycles. The lowest BCUT2D eigenvalue weighted by Gasteiger charge is -2.35. The molecule has 7 heteroatoms. The Morgan fingerprint density at radius 2 is 1.70 bits per heavy atom. The number of likely N-dealkylation sites (tertiary alicyclic amines) is 1. The average molecular weight is 526 g/mol. The summed E-state index contributed by atoms with van der Waals surface area (Å²) in [4.78, 5) is 6.89. The lowest BCUT2D eigenvalue weighted by molar-refractivity contribution is 0.164. The van der Waals surface area contributed by atoms with Crippen molar-refractivity contribution in [3.63, 3.8) is 0 Å². The number of guanidine groups is 1. The Bertz CT molecular complexity index is 777. The molecule has 164 valence electrons.